The van der Waals surface area contributed by atoms with Crippen molar-refractivity contribution in [2.24, 2.45) is 0 Å². The Morgan fingerprint density at radius 3 is 2.82 bits per heavy atom. The molecule has 0 saturated heterocycles. The van der Waals surface area contributed by atoms with Gasteiger partial charge in [0.15, 0.2) is 11.0 Å². The van der Waals surface area contributed by atoms with Crippen molar-refractivity contribution in [2.75, 3.05) is 18.9 Å². The van der Waals surface area contributed by atoms with Gasteiger partial charge in [-0.1, -0.05) is 36.0 Å². The van der Waals surface area contributed by atoms with Crippen molar-refractivity contribution >= 4 is 17.7 Å². The van der Waals surface area contributed by atoms with Crippen molar-refractivity contribution in [1.82, 2.24) is 25.1 Å². The molecule has 1 aromatic carbocycles. The van der Waals surface area contributed by atoms with Crippen molar-refractivity contribution in [3.05, 3.63) is 61.3 Å². The molecule has 0 spiro atoms. The Labute approximate surface area is 167 Å². The van der Waals surface area contributed by atoms with Gasteiger partial charge in [-0.25, -0.2) is 0 Å². The van der Waals surface area contributed by atoms with Gasteiger partial charge in [0.25, 0.3) is 0 Å². The van der Waals surface area contributed by atoms with E-state index in [0.29, 0.717) is 35.6 Å². The molecule has 0 aliphatic carbocycles. The standard InChI is InChI=1S/C20H21N5O2S/c1-3-12-22-18(26)14-28-20-24-23-19(15-9-7-8-13-21-15)25(20)16-10-5-6-11-17(16)27-4-2/h3,5-11,13H,1,4,12,14H2,2H3,(H,22,26). The summed E-state index contributed by atoms with van der Waals surface area (Å²) in [6.07, 6.45) is 3.35. The molecule has 3 aromatic rings. The van der Waals surface area contributed by atoms with Gasteiger partial charge < -0.3 is 10.1 Å². The fourth-order valence-electron chi connectivity index (χ4n) is 2.53. The normalized spacial score (nSPS) is 10.5. The van der Waals surface area contributed by atoms with E-state index in [2.05, 4.69) is 27.1 Å². The van der Waals surface area contributed by atoms with Crippen LogP contribution in [-0.2, 0) is 4.79 Å². The number of amides is 1. The van der Waals surface area contributed by atoms with Gasteiger partial charge in [-0.3, -0.25) is 14.3 Å². The summed E-state index contributed by atoms with van der Waals surface area (Å²) in [6.45, 7) is 6.49. The summed E-state index contributed by atoms with van der Waals surface area (Å²) in [5.74, 6) is 1.41. The van der Waals surface area contributed by atoms with Crippen molar-refractivity contribution in [3.63, 3.8) is 0 Å². The van der Waals surface area contributed by atoms with E-state index < -0.39 is 0 Å². The summed E-state index contributed by atoms with van der Waals surface area (Å²) in [6, 6.07) is 13.3. The quantitative estimate of drug-likeness (QED) is 0.443. The Morgan fingerprint density at radius 2 is 2.07 bits per heavy atom. The summed E-state index contributed by atoms with van der Waals surface area (Å²) < 4.78 is 7.66. The van der Waals surface area contributed by atoms with E-state index in [0.717, 1.165) is 5.69 Å². The Balaban J connectivity index is 2.01. The van der Waals surface area contributed by atoms with Crippen LogP contribution in [-0.4, -0.2) is 44.6 Å². The predicted octanol–water partition coefficient (Wildman–Crippen LogP) is 3.12. The molecule has 0 aliphatic heterocycles. The molecule has 144 valence electrons. The van der Waals surface area contributed by atoms with Gasteiger partial charge in [0.05, 0.1) is 18.0 Å². The summed E-state index contributed by atoms with van der Waals surface area (Å²) in [5, 5.41) is 12.0. The fraction of sp³-hybridized carbons (Fsp3) is 0.200. The average Bonchev–Trinajstić information content (AvgIpc) is 3.16. The Hall–Kier alpha value is -3.13. The van der Waals surface area contributed by atoms with Crippen LogP contribution >= 0.6 is 11.8 Å². The molecule has 2 aromatic heterocycles. The lowest BCUT2D eigenvalue weighted by molar-refractivity contribution is -0.118. The summed E-state index contributed by atoms with van der Waals surface area (Å²) >= 11 is 1.30. The SMILES string of the molecule is C=CCNC(=O)CSc1nnc(-c2ccccn2)n1-c1ccccc1OCC. The lowest BCUT2D eigenvalue weighted by Crippen LogP contribution is -2.25. The summed E-state index contributed by atoms with van der Waals surface area (Å²) in [7, 11) is 0. The second-order valence-electron chi connectivity index (χ2n) is 5.64. The van der Waals surface area contributed by atoms with E-state index in [4.69, 9.17) is 4.74 Å². The van der Waals surface area contributed by atoms with Crippen LogP contribution in [0.4, 0.5) is 0 Å². The molecule has 0 bridgehead atoms. The highest BCUT2D eigenvalue weighted by atomic mass is 32.2. The average molecular weight is 395 g/mol. The van der Waals surface area contributed by atoms with Crippen molar-refractivity contribution in [1.29, 1.82) is 0 Å². The number of benzene rings is 1. The number of nitrogens with zero attached hydrogens (tertiary/aromatic N) is 4. The number of pyridine rings is 1. The van der Waals surface area contributed by atoms with Gasteiger partial charge >= 0.3 is 0 Å². The summed E-state index contributed by atoms with van der Waals surface area (Å²) in [5.41, 5.74) is 1.48. The van der Waals surface area contributed by atoms with Crippen LogP contribution in [0.5, 0.6) is 5.75 Å². The van der Waals surface area contributed by atoms with Gasteiger partial charge in [-0.15, -0.1) is 16.8 Å². The number of thioether (sulfide) groups is 1. The van der Waals surface area contributed by atoms with Gasteiger partial charge in [-0.2, -0.15) is 0 Å². The molecule has 1 amide bonds. The van der Waals surface area contributed by atoms with Crippen molar-refractivity contribution in [2.45, 2.75) is 12.1 Å². The lowest BCUT2D eigenvalue weighted by Gasteiger charge is -2.14. The Kier molecular flexibility index (Phi) is 6.80. The molecule has 1 N–H and O–H groups in total. The molecule has 0 radical (unpaired) electrons. The Bertz CT molecular complexity index is 943. The molecule has 0 fully saturated rings. The lowest BCUT2D eigenvalue weighted by atomic mass is 10.2. The number of para-hydroxylation sites is 2. The number of aromatic nitrogens is 4. The zero-order valence-electron chi connectivity index (χ0n) is 15.5. The maximum atomic E-state index is 12.0. The highest BCUT2D eigenvalue weighted by Gasteiger charge is 2.20. The second kappa shape index (κ2) is 9.70. The number of rotatable bonds is 9. The third-order valence-corrected chi connectivity index (χ3v) is 4.64. The number of hydrogen-bond donors (Lipinski definition) is 1. The predicted molar refractivity (Wildman–Crippen MR) is 110 cm³/mol. The van der Waals surface area contributed by atoms with Gasteiger partial charge in [0.1, 0.15) is 11.4 Å². The van der Waals surface area contributed by atoms with Crippen LogP contribution in [0.25, 0.3) is 17.2 Å². The van der Waals surface area contributed by atoms with Crippen LogP contribution < -0.4 is 10.1 Å². The monoisotopic (exact) mass is 395 g/mol. The number of nitrogens with one attached hydrogen (secondary N) is 1. The molecule has 7 nitrogen and oxygen atoms in total. The molecule has 0 unspecified atom stereocenters. The zero-order chi connectivity index (χ0) is 19.8. The Morgan fingerprint density at radius 1 is 1.25 bits per heavy atom. The van der Waals surface area contributed by atoms with Crippen LogP contribution in [0.15, 0.2) is 66.5 Å². The molecular formula is C20H21N5O2S. The van der Waals surface area contributed by atoms with E-state index in [1.165, 1.54) is 11.8 Å². The molecule has 0 atom stereocenters. The van der Waals surface area contributed by atoms with Crippen LogP contribution in [0.2, 0.25) is 0 Å². The molecule has 3 rings (SSSR count). The fourth-order valence-corrected chi connectivity index (χ4v) is 3.30. The van der Waals surface area contributed by atoms with Crippen LogP contribution in [0, 0.1) is 0 Å². The minimum Gasteiger partial charge on any atom is -0.492 e. The van der Waals surface area contributed by atoms with E-state index in [1.807, 2.05) is 54.0 Å². The maximum absolute atomic E-state index is 12.0. The number of ether oxygens (including phenoxy) is 1. The minimum atomic E-state index is -0.100. The van der Waals surface area contributed by atoms with E-state index in [1.54, 1.807) is 12.3 Å². The van der Waals surface area contributed by atoms with Gasteiger partial charge in [0.2, 0.25) is 5.91 Å². The van der Waals surface area contributed by atoms with Gasteiger partial charge in [0, 0.05) is 12.7 Å². The van der Waals surface area contributed by atoms with Crippen molar-refractivity contribution in [3.8, 4) is 23.0 Å². The van der Waals surface area contributed by atoms with E-state index >= 15 is 0 Å². The minimum absolute atomic E-state index is 0.100. The molecule has 28 heavy (non-hydrogen) atoms. The second-order valence-corrected chi connectivity index (χ2v) is 6.58. The molecule has 0 aliphatic rings. The molecule has 0 saturated carbocycles. The largest absolute Gasteiger partial charge is 0.492 e. The molecule has 8 heteroatoms. The highest BCUT2D eigenvalue weighted by Crippen LogP contribution is 2.31. The molecule has 2 heterocycles. The zero-order valence-corrected chi connectivity index (χ0v) is 16.4. The maximum Gasteiger partial charge on any atom is 0.230 e. The first-order valence-electron chi connectivity index (χ1n) is 8.84. The summed E-state index contributed by atoms with van der Waals surface area (Å²) in [4.78, 5) is 16.4. The van der Waals surface area contributed by atoms with Crippen LogP contribution in [0.1, 0.15) is 6.92 Å². The smallest absolute Gasteiger partial charge is 0.230 e. The van der Waals surface area contributed by atoms with E-state index in [9.17, 15) is 4.79 Å². The van der Waals surface area contributed by atoms with Crippen LogP contribution in [0.3, 0.4) is 0 Å². The third kappa shape index (κ3) is 4.58. The topological polar surface area (TPSA) is 81.9 Å². The number of carbonyl (C=O) groups is 1. The van der Waals surface area contributed by atoms with Gasteiger partial charge in [-0.05, 0) is 31.2 Å². The number of hydrogen-bond acceptors (Lipinski definition) is 6. The first kappa shape index (κ1) is 19.6. The first-order chi connectivity index (χ1) is 13.7. The first-order valence-corrected chi connectivity index (χ1v) is 9.82. The van der Waals surface area contributed by atoms with Crippen molar-refractivity contribution < 1.29 is 9.53 Å². The van der Waals surface area contributed by atoms with E-state index in [-0.39, 0.29) is 11.7 Å². The highest BCUT2D eigenvalue weighted by molar-refractivity contribution is 7.99. The third-order valence-electron chi connectivity index (χ3n) is 3.71. The molecular weight excluding hydrogens is 374 g/mol. The number of carbonyl (C=O) groups excluding carboxylic acids is 1.